The number of hydrogen-bond donors (Lipinski definition) is 1. The van der Waals surface area contributed by atoms with Crippen molar-refractivity contribution >= 4 is 17.5 Å². The van der Waals surface area contributed by atoms with Crippen molar-refractivity contribution in [3.63, 3.8) is 0 Å². The second-order valence-electron chi connectivity index (χ2n) is 5.48. The minimum Gasteiger partial charge on any atom is -0.356 e. The van der Waals surface area contributed by atoms with Gasteiger partial charge in [-0.25, -0.2) is 0 Å². The Bertz CT molecular complexity index is 713. The molecule has 3 rings (SSSR count). The number of rotatable bonds is 3. The first kappa shape index (κ1) is 15.2. The van der Waals surface area contributed by atoms with Crippen molar-refractivity contribution in [1.82, 2.24) is 14.7 Å². The number of amides is 2. The second-order valence-corrected chi connectivity index (χ2v) is 5.48. The summed E-state index contributed by atoms with van der Waals surface area (Å²) in [6.07, 6.45) is 2.49. The van der Waals surface area contributed by atoms with E-state index in [9.17, 15) is 9.59 Å². The van der Waals surface area contributed by atoms with Gasteiger partial charge in [0.25, 0.3) is 5.91 Å². The van der Waals surface area contributed by atoms with E-state index in [4.69, 9.17) is 4.74 Å². The lowest BCUT2D eigenvalue weighted by atomic mass is 9.97. The molecule has 0 aliphatic carbocycles. The van der Waals surface area contributed by atoms with E-state index in [2.05, 4.69) is 10.4 Å². The van der Waals surface area contributed by atoms with Gasteiger partial charge >= 0.3 is 0 Å². The molecule has 7 nitrogen and oxygen atoms in total. The number of carbonyl (C=O) groups excluding carboxylic acids is 2. The smallest absolute Gasteiger partial charge is 0.256 e. The molecule has 2 heterocycles. The third-order valence-corrected chi connectivity index (χ3v) is 3.86. The van der Waals surface area contributed by atoms with Crippen LogP contribution < -0.4 is 5.32 Å². The van der Waals surface area contributed by atoms with Crippen molar-refractivity contribution < 1.29 is 14.3 Å². The third-order valence-electron chi connectivity index (χ3n) is 3.86. The Kier molecular flexibility index (Phi) is 4.12. The van der Waals surface area contributed by atoms with Gasteiger partial charge < -0.3 is 15.0 Å². The van der Waals surface area contributed by atoms with Gasteiger partial charge in [-0.2, -0.15) is 5.10 Å². The molecule has 2 amide bonds. The largest absolute Gasteiger partial charge is 0.356 e. The Labute approximate surface area is 133 Å². The van der Waals surface area contributed by atoms with Crippen LogP contribution in [-0.2, 0) is 21.4 Å². The van der Waals surface area contributed by atoms with Crippen LogP contribution in [0.3, 0.4) is 0 Å². The van der Waals surface area contributed by atoms with Crippen LogP contribution >= 0.6 is 0 Å². The maximum Gasteiger partial charge on any atom is 0.256 e. The van der Waals surface area contributed by atoms with E-state index in [-0.39, 0.29) is 18.4 Å². The number of hydrogen-bond acceptors (Lipinski definition) is 4. The highest BCUT2D eigenvalue weighted by molar-refractivity contribution is 5.96. The van der Waals surface area contributed by atoms with E-state index >= 15 is 0 Å². The van der Waals surface area contributed by atoms with Crippen molar-refractivity contribution in [3.8, 4) is 0 Å². The van der Waals surface area contributed by atoms with E-state index in [1.165, 1.54) is 0 Å². The molecule has 1 aromatic carbocycles. The van der Waals surface area contributed by atoms with Crippen LogP contribution in [-0.4, -0.2) is 46.3 Å². The Hall–Kier alpha value is -2.67. The van der Waals surface area contributed by atoms with Gasteiger partial charge in [0.15, 0.2) is 6.10 Å². The van der Waals surface area contributed by atoms with Gasteiger partial charge in [0, 0.05) is 20.3 Å². The number of morpholine rings is 1. The molecule has 0 radical (unpaired) electrons. The summed E-state index contributed by atoms with van der Waals surface area (Å²) in [5, 5.41) is 6.80. The number of carbonyl (C=O) groups is 2. The Morgan fingerprint density at radius 1 is 1.30 bits per heavy atom. The zero-order chi connectivity index (χ0) is 16.4. The van der Waals surface area contributed by atoms with Crippen molar-refractivity contribution in [3.05, 3.63) is 48.3 Å². The molecule has 2 atom stereocenters. The highest BCUT2D eigenvalue weighted by Gasteiger charge is 2.40. The summed E-state index contributed by atoms with van der Waals surface area (Å²) in [5.74, 6) is -0.449. The molecule has 0 unspecified atom stereocenters. The summed E-state index contributed by atoms with van der Waals surface area (Å²) in [4.78, 5) is 26.1. The molecule has 1 aliphatic heterocycles. The monoisotopic (exact) mass is 314 g/mol. The van der Waals surface area contributed by atoms with Gasteiger partial charge in [0.05, 0.1) is 17.9 Å². The molecule has 1 aliphatic rings. The molecule has 2 aromatic rings. The predicted octanol–water partition coefficient (Wildman–Crippen LogP) is 0.957. The van der Waals surface area contributed by atoms with Crippen LogP contribution in [0.25, 0.3) is 0 Å². The molecule has 0 bridgehead atoms. The van der Waals surface area contributed by atoms with E-state index in [1.54, 1.807) is 36.1 Å². The lowest BCUT2D eigenvalue weighted by molar-refractivity contribution is -0.160. The van der Waals surface area contributed by atoms with Crippen LogP contribution in [0, 0.1) is 0 Å². The molecule has 120 valence electrons. The Morgan fingerprint density at radius 3 is 2.70 bits per heavy atom. The van der Waals surface area contributed by atoms with Crippen LogP contribution in [0.2, 0.25) is 0 Å². The molecule has 1 fully saturated rings. The molecule has 0 saturated carbocycles. The fourth-order valence-corrected chi connectivity index (χ4v) is 2.68. The minimum absolute atomic E-state index is 0.106. The number of likely N-dealkylation sites (N-methyl/N-ethyl adjacent to an activating group) is 1. The first-order chi connectivity index (χ1) is 11.1. The summed E-state index contributed by atoms with van der Waals surface area (Å²) >= 11 is 0. The van der Waals surface area contributed by atoms with Crippen molar-refractivity contribution in [2.45, 2.75) is 12.1 Å². The molecular weight excluding hydrogens is 296 g/mol. The molecule has 1 aromatic heterocycles. The second kappa shape index (κ2) is 6.21. The lowest BCUT2D eigenvalue weighted by Crippen LogP contribution is -2.51. The van der Waals surface area contributed by atoms with E-state index < -0.39 is 12.1 Å². The average molecular weight is 314 g/mol. The predicted molar refractivity (Wildman–Crippen MR) is 83.5 cm³/mol. The number of aryl methyl sites for hydroxylation is 1. The standard InChI is InChI=1S/C16H18N4O3/c1-19-9-12(8-17-19)18-16(22)15-14(11-6-4-3-5-7-11)20(2)13(21)10-23-15/h3-9,14-15H,10H2,1-2H3,(H,18,22)/t14-,15+/m0/s1. The quantitative estimate of drug-likeness (QED) is 0.915. The zero-order valence-corrected chi connectivity index (χ0v) is 13.0. The maximum absolute atomic E-state index is 12.6. The summed E-state index contributed by atoms with van der Waals surface area (Å²) in [6.45, 7) is -0.106. The Morgan fingerprint density at radius 2 is 2.04 bits per heavy atom. The van der Waals surface area contributed by atoms with Crippen molar-refractivity contribution in [2.75, 3.05) is 19.0 Å². The van der Waals surface area contributed by atoms with Gasteiger partial charge in [0.1, 0.15) is 6.61 Å². The summed E-state index contributed by atoms with van der Waals surface area (Å²) in [7, 11) is 3.46. The van der Waals surface area contributed by atoms with Gasteiger partial charge in [-0.05, 0) is 5.56 Å². The minimum atomic E-state index is -0.777. The summed E-state index contributed by atoms with van der Waals surface area (Å²) in [5.41, 5.74) is 1.45. The normalized spacial score (nSPS) is 21.3. The first-order valence-electron chi connectivity index (χ1n) is 7.28. The molecule has 1 N–H and O–H groups in total. The summed E-state index contributed by atoms with van der Waals surface area (Å²) in [6, 6.07) is 8.94. The molecule has 23 heavy (non-hydrogen) atoms. The highest BCUT2D eigenvalue weighted by atomic mass is 16.5. The van der Waals surface area contributed by atoms with Gasteiger partial charge in [-0.15, -0.1) is 0 Å². The van der Waals surface area contributed by atoms with Gasteiger partial charge in [-0.1, -0.05) is 30.3 Å². The fraction of sp³-hybridized carbons (Fsp3) is 0.312. The zero-order valence-electron chi connectivity index (χ0n) is 13.0. The average Bonchev–Trinajstić information content (AvgIpc) is 2.95. The topological polar surface area (TPSA) is 76.5 Å². The molecule has 1 saturated heterocycles. The van der Waals surface area contributed by atoms with Crippen molar-refractivity contribution in [1.29, 1.82) is 0 Å². The number of anilines is 1. The number of aromatic nitrogens is 2. The highest BCUT2D eigenvalue weighted by Crippen LogP contribution is 2.29. The van der Waals surface area contributed by atoms with Gasteiger partial charge in [0.2, 0.25) is 5.91 Å². The van der Waals surface area contributed by atoms with E-state index in [1.807, 2.05) is 30.3 Å². The molecule has 7 heteroatoms. The van der Waals surface area contributed by atoms with E-state index in [0.29, 0.717) is 5.69 Å². The fourth-order valence-electron chi connectivity index (χ4n) is 2.68. The first-order valence-corrected chi connectivity index (χ1v) is 7.28. The SMILES string of the molecule is CN1C(=O)CO[C@@H](C(=O)Nc2cnn(C)c2)[C@@H]1c1ccccc1. The lowest BCUT2D eigenvalue weighted by Gasteiger charge is -2.38. The number of ether oxygens (including phenoxy) is 1. The molecular formula is C16H18N4O3. The maximum atomic E-state index is 12.6. The number of nitrogens with zero attached hydrogens (tertiary/aromatic N) is 3. The van der Waals surface area contributed by atoms with Gasteiger partial charge in [-0.3, -0.25) is 14.3 Å². The van der Waals surface area contributed by atoms with Crippen LogP contribution in [0.1, 0.15) is 11.6 Å². The summed E-state index contributed by atoms with van der Waals surface area (Å²) < 4.78 is 7.14. The molecule has 0 spiro atoms. The third kappa shape index (κ3) is 3.09. The Balaban J connectivity index is 1.85. The van der Waals surface area contributed by atoms with E-state index in [0.717, 1.165) is 5.56 Å². The van der Waals surface area contributed by atoms with Crippen LogP contribution in [0.5, 0.6) is 0 Å². The number of benzene rings is 1. The van der Waals surface area contributed by atoms with Crippen LogP contribution in [0.4, 0.5) is 5.69 Å². The number of nitrogens with one attached hydrogen (secondary N) is 1. The van der Waals surface area contributed by atoms with Crippen molar-refractivity contribution in [2.24, 2.45) is 7.05 Å². The van der Waals surface area contributed by atoms with Crippen LogP contribution in [0.15, 0.2) is 42.7 Å².